The van der Waals surface area contributed by atoms with E-state index in [1.165, 1.54) is 11.4 Å². The molecule has 0 radical (unpaired) electrons. The first-order chi connectivity index (χ1) is 6.53. The Kier molecular flexibility index (Phi) is 3.76. The lowest BCUT2D eigenvalue weighted by Gasteiger charge is -2.21. The van der Waals surface area contributed by atoms with E-state index in [-0.39, 0.29) is 0 Å². The first-order valence-corrected chi connectivity index (χ1v) is 5.82. The van der Waals surface area contributed by atoms with Gasteiger partial charge in [0.05, 0.1) is 13.2 Å². The van der Waals surface area contributed by atoms with Crippen LogP contribution in [-0.2, 0) is 16.6 Å². The van der Waals surface area contributed by atoms with Crippen LogP contribution in [0.1, 0.15) is 5.56 Å². The third-order valence-corrected chi connectivity index (χ3v) is 3.85. The smallest absolute Gasteiger partial charge is 0.136 e. The minimum absolute atomic E-state index is 0.321. The summed E-state index contributed by atoms with van der Waals surface area (Å²) >= 11 is 1.11. The van der Waals surface area contributed by atoms with Crippen LogP contribution >= 0.6 is 11.3 Å². The zero-order valence-corrected chi connectivity index (χ0v) is 8.85. The van der Waals surface area contributed by atoms with Crippen molar-refractivity contribution in [3.05, 3.63) is 17.0 Å². The van der Waals surface area contributed by atoms with Crippen LogP contribution in [0.15, 0.2) is 15.7 Å². The molecule has 0 saturated heterocycles. The normalized spacial score (nSPS) is 14.3. The second-order valence-electron chi connectivity index (χ2n) is 2.80. The molecule has 1 rings (SSSR count). The van der Waals surface area contributed by atoms with Gasteiger partial charge in [0, 0.05) is 5.56 Å². The van der Waals surface area contributed by atoms with Crippen molar-refractivity contribution in [3.63, 3.8) is 0 Å². The zero-order valence-electron chi connectivity index (χ0n) is 7.21. The summed E-state index contributed by atoms with van der Waals surface area (Å²) in [6, 6.07) is 1.41. The number of thiophene rings is 1. The van der Waals surface area contributed by atoms with Gasteiger partial charge in [-0.1, -0.05) is 0 Å². The van der Waals surface area contributed by atoms with Crippen LogP contribution in [0, 0.1) is 0 Å². The predicted octanol–water partition coefficient (Wildman–Crippen LogP) is -1.10. The van der Waals surface area contributed by atoms with Crippen molar-refractivity contribution >= 4 is 22.3 Å². The monoisotopic (exact) mass is 237 g/mol. The molecule has 1 heterocycles. The van der Waals surface area contributed by atoms with Gasteiger partial charge in [0.2, 0.25) is 0 Å². The van der Waals surface area contributed by atoms with Crippen molar-refractivity contribution in [2.24, 2.45) is 5.14 Å². The molecule has 0 aliphatic rings. The Balaban J connectivity index is 3.01. The molecule has 7 heteroatoms. The summed E-state index contributed by atoms with van der Waals surface area (Å²) in [7, 11) is -1.60. The molecule has 5 nitrogen and oxygen atoms in total. The molecule has 80 valence electrons. The summed E-state index contributed by atoms with van der Waals surface area (Å²) in [4.78, 5) is 0. The van der Waals surface area contributed by atoms with E-state index in [1.54, 1.807) is 0 Å². The molecular formula is C7H11NO4S2. The van der Waals surface area contributed by atoms with Crippen molar-refractivity contribution in [2.75, 3.05) is 13.2 Å². The van der Waals surface area contributed by atoms with Crippen molar-refractivity contribution in [1.82, 2.24) is 0 Å². The highest BCUT2D eigenvalue weighted by molar-refractivity contribution is 7.85. The molecule has 0 fully saturated rings. The van der Waals surface area contributed by atoms with Gasteiger partial charge in [-0.05, 0) is 11.4 Å². The highest BCUT2D eigenvalue weighted by Gasteiger charge is 2.29. The average molecular weight is 237 g/mol. The van der Waals surface area contributed by atoms with E-state index in [0.717, 1.165) is 11.3 Å². The molecule has 0 amide bonds. The fourth-order valence-corrected chi connectivity index (χ4v) is 2.39. The fraction of sp³-hybridized carbons (Fsp3) is 0.429. The van der Waals surface area contributed by atoms with Crippen LogP contribution in [0.5, 0.6) is 0 Å². The molecule has 0 saturated carbocycles. The summed E-state index contributed by atoms with van der Waals surface area (Å²) in [6.45, 7) is -1.20. The Labute approximate surface area is 87.4 Å². The Morgan fingerprint density at radius 2 is 2.07 bits per heavy atom. The fourth-order valence-electron chi connectivity index (χ4n) is 0.899. The minimum atomic E-state index is -1.69. The maximum atomic E-state index is 10.9. The van der Waals surface area contributed by atoms with E-state index < -0.39 is 29.8 Å². The Morgan fingerprint density at radius 3 is 2.43 bits per heavy atom. The number of hydrogen-bond donors (Lipinski definition) is 4. The lowest BCUT2D eigenvalue weighted by molar-refractivity contribution is -0.0596. The van der Waals surface area contributed by atoms with Crippen molar-refractivity contribution in [3.8, 4) is 0 Å². The maximum Gasteiger partial charge on any atom is 0.136 e. The number of nitrogens with two attached hydrogens (primary N) is 1. The van der Waals surface area contributed by atoms with Crippen LogP contribution in [0.4, 0.5) is 0 Å². The van der Waals surface area contributed by atoms with E-state index in [1.807, 2.05) is 0 Å². The maximum absolute atomic E-state index is 10.9. The molecule has 0 aliphatic carbocycles. The first-order valence-electron chi connectivity index (χ1n) is 3.73. The topological polar surface area (TPSA) is 104 Å². The van der Waals surface area contributed by atoms with Gasteiger partial charge >= 0.3 is 0 Å². The van der Waals surface area contributed by atoms with Crippen LogP contribution in [0.2, 0.25) is 0 Å². The SMILES string of the molecule is NS(=O)c1cc(C(O)(CO)CO)cs1. The summed E-state index contributed by atoms with van der Waals surface area (Å²) < 4.78 is 11.2. The van der Waals surface area contributed by atoms with E-state index in [0.29, 0.717) is 9.77 Å². The summed E-state index contributed by atoms with van der Waals surface area (Å²) in [5.41, 5.74) is -1.37. The molecule has 5 N–H and O–H groups in total. The second-order valence-corrected chi connectivity index (χ2v) is 5.00. The number of rotatable bonds is 4. The summed E-state index contributed by atoms with van der Waals surface area (Å²) in [5, 5.41) is 34.0. The highest BCUT2D eigenvalue weighted by Crippen LogP contribution is 2.26. The van der Waals surface area contributed by atoms with Gasteiger partial charge < -0.3 is 15.3 Å². The molecule has 0 aliphatic heterocycles. The van der Waals surface area contributed by atoms with Crippen molar-refractivity contribution in [2.45, 2.75) is 9.81 Å². The molecule has 0 spiro atoms. The zero-order chi connectivity index (χ0) is 10.8. The average Bonchev–Trinajstić information content (AvgIpc) is 2.66. The molecule has 0 bridgehead atoms. The van der Waals surface area contributed by atoms with E-state index in [4.69, 9.17) is 15.4 Å². The van der Waals surface area contributed by atoms with Gasteiger partial charge in [-0.3, -0.25) is 0 Å². The molecular weight excluding hydrogens is 226 g/mol. The van der Waals surface area contributed by atoms with Gasteiger partial charge in [-0.15, -0.1) is 11.3 Å². The minimum Gasteiger partial charge on any atom is -0.393 e. The quantitative estimate of drug-likeness (QED) is 0.533. The molecule has 14 heavy (non-hydrogen) atoms. The standard InChI is InChI=1S/C7H11NO4S2/c8-14(12)6-1-5(2-13-6)7(11,3-9)4-10/h1-2,9-11H,3-4,8H2. The summed E-state index contributed by atoms with van der Waals surface area (Å²) in [6.07, 6.45) is 0. The molecule has 0 aromatic carbocycles. The van der Waals surface area contributed by atoms with Gasteiger partial charge in [-0.25, -0.2) is 9.35 Å². The Morgan fingerprint density at radius 1 is 1.50 bits per heavy atom. The Hall–Kier alpha value is -0.310. The van der Waals surface area contributed by atoms with Crippen molar-refractivity contribution < 1.29 is 19.5 Å². The lowest BCUT2D eigenvalue weighted by Crippen LogP contribution is -2.33. The van der Waals surface area contributed by atoms with Gasteiger partial charge in [-0.2, -0.15) is 0 Å². The first kappa shape index (κ1) is 11.8. The molecule has 1 atom stereocenters. The van der Waals surface area contributed by atoms with E-state index >= 15 is 0 Å². The third kappa shape index (κ3) is 2.19. The van der Waals surface area contributed by atoms with E-state index in [2.05, 4.69) is 0 Å². The van der Waals surface area contributed by atoms with Gasteiger partial charge in [0.1, 0.15) is 20.8 Å². The molecule has 1 unspecified atom stereocenters. The number of aliphatic hydroxyl groups excluding tert-OH is 2. The van der Waals surface area contributed by atoms with E-state index in [9.17, 15) is 9.32 Å². The van der Waals surface area contributed by atoms with Crippen molar-refractivity contribution in [1.29, 1.82) is 0 Å². The predicted molar refractivity (Wildman–Crippen MR) is 53.0 cm³/mol. The number of hydrogen-bond acceptors (Lipinski definition) is 5. The van der Waals surface area contributed by atoms with Crippen LogP contribution < -0.4 is 5.14 Å². The van der Waals surface area contributed by atoms with Crippen LogP contribution in [0.25, 0.3) is 0 Å². The van der Waals surface area contributed by atoms with Crippen LogP contribution in [0.3, 0.4) is 0 Å². The number of aliphatic hydroxyl groups is 3. The second kappa shape index (κ2) is 4.47. The Bertz CT molecular complexity index is 334. The molecule has 1 aromatic heterocycles. The van der Waals surface area contributed by atoms with Gasteiger partial charge in [0.25, 0.3) is 0 Å². The third-order valence-electron chi connectivity index (χ3n) is 1.83. The highest BCUT2D eigenvalue weighted by atomic mass is 32.2. The van der Waals surface area contributed by atoms with Gasteiger partial charge in [0.15, 0.2) is 0 Å². The van der Waals surface area contributed by atoms with Crippen LogP contribution in [-0.4, -0.2) is 32.7 Å². The summed E-state index contributed by atoms with van der Waals surface area (Å²) in [5.74, 6) is 0. The largest absolute Gasteiger partial charge is 0.393 e. The lowest BCUT2D eigenvalue weighted by atomic mass is 9.99. The molecule has 1 aromatic rings.